The molecule has 136 valence electrons. The molecule has 1 amide bonds. The van der Waals surface area contributed by atoms with Gasteiger partial charge in [0.15, 0.2) is 0 Å². The van der Waals surface area contributed by atoms with E-state index in [1.54, 1.807) is 0 Å². The minimum atomic E-state index is 0.00314. The smallest absolute Gasteiger partial charge is 0.224 e. The van der Waals surface area contributed by atoms with Crippen molar-refractivity contribution in [1.82, 2.24) is 0 Å². The Balaban J connectivity index is 1.33. The van der Waals surface area contributed by atoms with Crippen LogP contribution in [0.1, 0.15) is 12.0 Å². The van der Waals surface area contributed by atoms with Crippen molar-refractivity contribution in [3.63, 3.8) is 0 Å². The van der Waals surface area contributed by atoms with Crippen LogP contribution in [-0.2, 0) is 11.2 Å². The van der Waals surface area contributed by atoms with Gasteiger partial charge in [-0.25, -0.2) is 0 Å². The first-order chi connectivity index (χ1) is 13.8. The van der Waals surface area contributed by atoms with E-state index in [1.807, 2.05) is 60.7 Å². The Morgan fingerprint density at radius 1 is 0.750 bits per heavy atom. The van der Waals surface area contributed by atoms with Gasteiger partial charge in [-0.1, -0.05) is 60.7 Å². The number of amides is 1. The lowest BCUT2D eigenvalue weighted by atomic mass is 10.0. The van der Waals surface area contributed by atoms with Crippen LogP contribution in [0.3, 0.4) is 0 Å². The van der Waals surface area contributed by atoms with E-state index < -0.39 is 0 Å². The fraction of sp³-hybridized carbons (Fsp3) is 0.0800. The second-order valence-electron chi connectivity index (χ2n) is 7.00. The largest absolute Gasteiger partial charge is 0.456 e. The second kappa shape index (κ2) is 6.86. The molecule has 1 N–H and O–H groups in total. The number of benzene rings is 4. The van der Waals surface area contributed by atoms with Crippen molar-refractivity contribution in [2.45, 2.75) is 12.8 Å². The number of carbonyl (C=O) groups excluding carboxylic acids is 1. The van der Waals surface area contributed by atoms with Crippen LogP contribution in [0.5, 0.6) is 0 Å². The number of rotatable bonds is 4. The molecule has 0 bridgehead atoms. The van der Waals surface area contributed by atoms with Crippen LogP contribution in [0, 0.1) is 0 Å². The maximum Gasteiger partial charge on any atom is 0.224 e. The molecule has 0 atom stereocenters. The zero-order valence-electron chi connectivity index (χ0n) is 15.3. The molecular weight excluding hydrogens is 346 g/mol. The molecule has 3 nitrogen and oxygen atoms in total. The SMILES string of the molecule is O=C(CCc1cccc2ccccc12)Nc1ccc2c(c1)oc1ccccc12. The summed E-state index contributed by atoms with van der Waals surface area (Å²) >= 11 is 0. The van der Waals surface area contributed by atoms with Crippen LogP contribution in [0.4, 0.5) is 5.69 Å². The summed E-state index contributed by atoms with van der Waals surface area (Å²) in [6, 6.07) is 28.3. The van der Waals surface area contributed by atoms with Gasteiger partial charge in [0.05, 0.1) is 0 Å². The van der Waals surface area contributed by atoms with Crippen LogP contribution < -0.4 is 5.32 Å². The fourth-order valence-electron chi connectivity index (χ4n) is 3.79. The molecule has 0 aliphatic heterocycles. The summed E-state index contributed by atoms with van der Waals surface area (Å²) in [5.74, 6) is 0.00314. The fourth-order valence-corrected chi connectivity index (χ4v) is 3.79. The number of anilines is 1. The van der Waals surface area contributed by atoms with Crippen LogP contribution in [0.15, 0.2) is 89.3 Å². The predicted octanol–water partition coefficient (Wildman–Crippen LogP) is 6.31. The average Bonchev–Trinajstić information content (AvgIpc) is 3.10. The van der Waals surface area contributed by atoms with Gasteiger partial charge in [-0.05, 0) is 41.0 Å². The Hall–Kier alpha value is -3.59. The summed E-state index contributed by atoms with van der Waals surface area (Å²) in [6.45, 7) is 0. The number of aryl methyl sites for hydroxylation is 1. The van der Waals surface area contributed by atoms with Crippen molar-refractivity contribution in [2.75, 3.05) is 5.32 Å². The van der Waals surface area contributed by atoms with Crippen molar-refractivity contribution < 1.29 is 9.21 Å². The van der Waals surface area contributed by atoms with E-state index in [0.717, 1.165) is 27.6 Å². The molecule has 5 rings (SSSR count). The molecule has 0 unspecified atom stereocenters. The molecule has 0 spiro atoms. The third kappa shape index (κ3) is 3.01. The van der Waals surface area contributed by atoms with Gasteiger partial charge in [0, 0.05) is 28.9 Å². The van der Waals surface area contributed by atoms with E-state index in [1.165, 1.54) is 16.3 Å². The number of nitrogens with one attached hydrogen (secondary N) is 1. The van der Waals surface area contributed by atoms with Crippen molar-refractivity contribution >= 4 is 44.3 Å². The lowest BCUT2D eigenvalue weighted by Crippen LogP contribution is -2.12. The Morgan fingerprint density at radius 2 is 1.50 bits per heavy atom. The Morgan fingerprint density at radius 3 is 2.43 bits per heavy atom. The van der Waals surface area contributed by atoms with E-state index in [4.69, 9.17) is 4.42 Å². The first-order valence-electron chi connectivity index (χ1n) is 9.46. The molecule has 0 radical (unpaired) electrons. The summed E-state index contributed by atoms with van der Waals surface area (Å²) in [5, 5.41) is 7.56. The summed E-state index contributed by atoms with van der Waals surface area (Å²) in [6.07, 6.45) is 1.15. The number of para-hydroxylation sites is 1. The summed E-state index contributed by atoms with van der Waals surface area (Å²) in [5.41, 5.74) is 3.60. The summed E-state index contributed by atoms with van der Waals surface area (Å²) in [4.78, 5) is 12.5. The van der Waals surface area contributed by atoms with Gasteiger partial charge in [0.1, 0.15) is 11.2 Å². The quantitative estimate of drug-likeness (QED) is 0.405. The van der Waals surface area contributed by atoms with Gasteiger partial charge in [-0.15, -0.1) is 0 Å². The number of carbonyl (C=O) groups is 1. The van der Waals surface area contributed by atoms with E-state index in [9.17, 15) is 4.79 Å². The minimum Gasteiger partial charge on any atom is -0.456 e. The van der Waals surface area contributed by atoms with Gasteiger partial charge >= 0.3 is 0 Å². The van der Waals surface area contributed by atoms with Gasteiger partial charge in [-0.2, -0.15) is 0 Å². The van der Waals surface area contributed by atoms with Crippen LogP contribution in [0.25, 0.3) is 32.7 Å². The first kappa shape index (κ1) is 16.6. The van der Waals surface area contributed by atoms with E-state index in [2.05, 4.69) is 29.6 Å². The molecule has 4 aromatic carbocycles. The van der Waals surface area contributed by atoms with E-state index in [0.29, 0.717) is 12.8 Å². The first-order valence-corrected chi connectivity index (χ1v) is 9.46. The number of hydrogen-bond acceptors (Lipinski definition) is 2. The monoisotopic (exact) mass is 365 g/mol. The number of furan rings is 1. The lowest BCUT2D eigenvalue weighted by molar-refractivity contribution is -0.116. The molecule has 0 aliphatic carbocycles. The molecule has 0 saturated heterocycles. The zero-order valence-corrected chi connectivity index (χ0v) is 15.3. The zero-order chi connectivity index (χ0) is 18.9. The third-order valence-corrected chi connectivity index (χ3v) is 5.16. The Bertz CT molecular complexity index is 1310. The van der Waals surface area contributed by atoms with Crippen LogP contribution in [0.2, 0.25) is 0 Å². The average molecular weight is 365 g/mol. The van der Waals surface area contributed by atoms with Crippen LogP contribution >= 0.6 is 0 Å². The highest BCUT2D eigenvalue weighted by molar-refractivity contribution is 6.06. The maximum absolute atomic E-state index is 12.5. The van der Waals surface area contributed by atoms with E-state index >= 15 is 0 Å². The molecule has 0 fully saturated rings. The molecule has 1 aromatic heterocycles. The molecule has 0 saturated carbocycles. The highest BCUT2D eigenvalue weighted by atomic mass is 16.3. The molecular formula is C25H19NO2. The number of fused-ring (bicyclic) bond motifs is 4. The van der Waals surface area contributed by atoms with E-state index in [-0.39, 0.29) is 5.91 Å². The molecule has 1 heterocycles. The lowest BCUT2D eigenvalue weighted by Gasteiger charge is -2.08. The normalized spacial score (nSPS) is 11.3. The highest BCUT2D eigenvalue weighted by Gasteiger charge is 2.09. The minimum absolute atomic E-state index is 0.00314. The van der Waals surface area contributed by atoms with Gasteiger partial charge in [-0.3, -0.25) is 4.79 Å². The Labute approximate surface area is 162 Å². The molecule has 5 aromatic rings. The molecule has 28 heavy (non-hydrogen) atoms. The highest BCUT2D eigenvalue weighted by Crippen LogP contribution is 2.30. The maximum atomic E-state index is 12.5. The molecule has 0 aliphatic rings. The van der Waals surface area contributed by atoms with Crippen molar-refractivity contribution in [2.24, 2.45) is 0 Å². The topological polar surface area (TPSA) is 42.2 Å². The van der Waals surface area contributed by atoms with Crippen molar-refractivity contribution in [3.8, 4) is 0 Å². The summed E-state index contributed by atoms with van der Waals surface area (Å²) in [7, 11) is 0. The van der Waals surface area contributed by atoms with Gasteiger partial charge in [0.2, 0.25) is 5.91 Å². The van der Waals surface area contributed by atoms with Crippen LogP contribution in [-0.4, -0.2) is 5.91 Å². The molecule has 3 heteroatoms. The van der Waals surface area contributed by atoms with Crippen molar-refractivity contribution in [3.05, 3.63) is 90.5 Å². The van der Waals surface area contributed by atoms with Gasteiger partial charge in [0.25, 0.3) is 0 Å². The van der Waals surface area contributed by atoms with Gasteiger partial charge < -0.3 is 9.73 Å². The predicted molar refractivity (Wildman–Crippen MR) is 115 cm³/mol. The van der Waals surface area contributed by atoms with Crippen molar-refractivity contribution in [1.29, 1.82) is 0 Å². The standard InChI is InChI=1S/C25H19NO2/c27-25(15-12-18-8-5-7-17-6-1-2-9-20(17)18)26-19-13-14-22-21-10-3-4-11-23(21)28-24(22)16-19/h1-11,13-14,16H,12,15H2,(H,26,27). The number of hydrogen-bond donors (Lipinski definition) is 1. The Kier molecular flexibility index (Phi) is 4.06. The summed E-state index contributed by atoms with van der Waals surface area (Å²) < 4.78 is 5.90. The third-order valence-electron chi connectivity index (χ3n) is 5.16. The second-order valence-corrected chi connectivity index (χ2v) is 7.00.